The van der Waals surface area contributed by atoms with E-state index < -0.39 is 11.7 Å². The van der Waals surface area contributed by atoms with Crippen LogP contribution >= 0.6 is 23.1 Å². The van der Waals surface area contributed by atoms with E-state index in [4.69, 9.17) is 5.73 Å². The third-order valence-electron chi connectivity index (χ3n) is 4.10. The number of nitrogens with two attached hydrogens (primary N) is 1. The maximum absolute atomic E-state index is 12.9. The molecule has 1 atom stereocenters. The van der Waals surface area contributed by atoms with E-state index in [0.717, 1.165) is 41.0 Å². The molecule has 3 nitrogen and oxygen atoms in total. The zero-order valence-corrected chi connectivity index (χ0v) is 13.6. The molecule has 0 saturated carbocycles. The molecule has 0 radical (unpaired) electrons. The highest BCUT2D eigenvalue weighted by molar-refractivity contribution is 8.00. The first-order chi connectivity index (χ1) is 10.9. The number of hydrogen-bond donors (Lipinski definition) is 3. The molecule has 0 spiro atoms. The summed E-state index contributed by atoms with van der Waals surface area (Å²) in [5.41, 5.74) is 8.39. The molecule has 2 aliphatic rings. The van der Waals surface area contributed by atoms with Crippen LogP contribution in [0, 0.1) is 0 Å². The van der Waals surface area contributed by atoms with E-state index in [2.05, 4.69) is 10.6 Å². The lowest BCUT2D eigenvalue weighted by molar-refractivity contribution is -0.137. The van der Waals surface area contributed by atoms with Crippen molar-refractivity contribution in [3.63, 3.8) is 0 Å². The summed E-state index contributed by atoms with van der Waals surface area (Å²) >= 11 is 3.10. The van der Waals surface area contributed by atoms with E-state index in [1.807, 2.05) is 0 Å². The summed E-state index contributed by atoms with van der Waals surface area (Å²) in [5, 5.41) is 7.16. The summed E-state index contributed by atoms with van der Waals surface area (Å²) in [6.45, 7) is 1.71. The molecule has 0 bridgehead atoms. The molecule has 2 aromatic rings. The summed E-state index contributed by atoms with van der Waals surface area (Å²) < 4.78 is 38.6. The van der Waals surface area contributed by atoms with Crippen molar-refractivity contribution < 1.29 is 13.2 Å². The Bertz CT molecular complexity index is 770. The largest absolute Gasteiger partial charge is 0.416 e. The van der Waals surface area contributed by atoms with Crippen molar-refractivity contribution in [3.05, 3.63) is 39.8 Å². The minimum Gasteiger partial charge on any atom is -0.390 e. The second-order valence-electron chi connectivity index (χ2n) is 5.56. The van der Waals surface area contributed by atoms with Crippen LogP contribution < -0.4 is 16.4 Å². The number of benzene rings is 1. The summed E-state index contributed by atoms with van der Waals surface area (Å²) in [6, 6.07) is 3.84. The van der Waals surface area contributed by atoms with Crippen LogP contribution in [0.15, 0.2) is 23.1 Å². The smallest absolute Gasteiger partial charge is 0.390 e. The van der Waals surface area contributed by atoms with Gasteiger partial charge in [-0.1, -0.05) is 11.8 Å². The van der Waals surface area contributed by atoms with Crippen molar-refractivity contribution in [2.24, 2.45) is 0 Å². The molecular weight excluding hydrogens is 343 g/mol. The Labute approximate surface area is 139 Å². The first kappa shape index (κ1) is 15.2. The molecule has 1 aromatic heterocycles. The molecule has 4 N–H and O–H groups in total. The first-order valence-electron chi connectivity index (χ1n) is 7.18. The van der Waals surface area contributed by atoms with Gasteiger partial charge in [-0.15, -0.1) is 11.3 Å². The summed E-state index contributed by atoms with van der Waals surface area (Å²) in [6.07, 6.45) is -3.42. The summed E-state index contributed by atoms with van der Waals surface area (Å²) in [4.78, 5) is 2.06. The van der Waals surface area contributed by atoms with Crippen LogP contribution in [0.5, 0.6) is 0 Å². The fraction of sp³-hybridized carbons (Fsp3) is 0.333. The van der Waals surface area contributed by atoms with Gasteiger partial charge in [0, 0.05) is 27.6 Å². The fourth-order valence-corrected chi connectivity index (χ4v) is 5.44. The number of nitrogen functional groups attached to an aromatic ring is 1. The van der Waals surface area contributed by atoms with Gasteiger partial charge >= 0.3 is 6.18 Å². The number of rotatable bonds is 1. The zero-order chi connectivity index (χ0) is 16.2. The van der Waals surface area contributed by atoms with Crippen LogP contribution in [-0.4, -0.2) is 6.54 Å². The molecule has 1 aromatic carbocycles. The Morgan fingerprint density at radius 3 is 2.87 bits per heavy atom. The Hall–Kier alpha value is -1.38. The number of nitrogens with one attached hydrogen (secondary N) is 2. The zero-order valence-electron chi connectivity index (χ0n) is 12.0. The van der Waals surface area contributed by atoms with Gasteiger partial charge in [-0.05, 0) is 36.7 Å². The average molecular weight is 357 g/mol. The van der Waals surface area contributed by atoms with Crippen molar-refractivity contribution in [2.75, 3.05) is 17.6 Å². The van der Waals surface area contributed by atoms with E-state index in [-0.39, 0.29) is 5.37 Å². The molecule has 1 unspecified atom stereocenters. The average Bonchev–Trinajstić information content (AvgIpc) is 3.04. The third kappa shape index (κ3) is 2.58. The van der Waals surface area contributed by atoms with E-state index in [9.17, 15) is 13.2 Å². The molecule has 0 fully saturated rings. The maximum atomic E-state index is 12.9. The van der Waals surface area contributed by atoms with Crippen molar-refractivity contribution in [3.8, 4) is 0 Å². The monoisotopic (exact) mass is 357 g/mol. The number of alkyl halides is 3. The van der Waals surface area contributed by atoms with E-state index in [1.165, 1.54) is 34.3 Å². The Kier molecular flexibility index (Phi) is 3.51. The number of anilines is 2. The highest BCUT2D eigenvalue weighted by atomic mass is 32.2. The SMILES string of the molecule is Nc1sc2c(c1C1Nc3cc(C(F)(F)F)ccc3S1)CCNC2. The van der Waals surface area contributed by atoms with Crippen LogP contribution in [-0.2, 0) is 19.1 Å². The predicted molar refractivity (Wildman–Crippen MR) is 87.8 cm³/mol. The van der Waals surface area contributed by atoms with E-state index in [0.29, 0.717) is 5.69 Å². The molecular formula is C15H14F3N3S2. The number of hydrogen-bond acceptors (Lipinski definition) is 5. The van der Waals surface area contributed by atoms with Crippen LogP contribution in [0.4, 0.5) is 23.9 Å². The van der Waals surface area contributed by atoms with Crippen LogP contribution in [0.1, 0.15) is 26.9 Å². The molecule has 0 saturated heterocycles. The van der Waals surface area contributed by atoms with Crippen molar-refractivity contribution >= 4 is 33.8 Å². The van der Waals surface area contributed by atoms with Crippen LogP contribution in [0.3, 0.4) is 0 Å². The van der Waals surface area contributed by atoms with Crippen molar-refractivity contribution in [1.82, 2.24) is 5.32 Å². The van der Waals surface area contributed by atoms with Gasteiger partial charge in [-0.3, -0.25) is 0 Å². The topological polar surface area (TPSA) is 50.1 Å². The van der Waals surface area contributed by atoms with Gasteiger partial charge in [-0.2, -0.15) is 13.2 Å². The maximum Gasteiger partial charge on any atom is 0.416 e. The predicted octanol–water partition coefficient (Wildman–Crippen LogP) is 4.21. The Morgan fingerprint density at radius 1 is 1.26 bits per heavy atom. The molecule has 0 aliphatic carbocycles. The lowest BCUT2D eigenvalue weighted by Gasteiger charge is -2.17. The normalized spacial score (nSPS) is 20.0. The Morgan fingerprint density at radius 2 is 2.09 bits per heavy atom. The molecule has 3 heterocycles. The van der Waals surface area contributed by atoms with Gasteiger partial charge in [0.2, 0.25) is 0 Å². The second kappa shape index (κ2) is 5.32. The van der Waals surface area contributed by atoms with Crippen LogP contribution in [0.2, 0.25) is 0 Å². The quantitative estimate of drug-likeness (QED) is 0.716. The minimum absolute atomic E-state index is 0.119. The highest BCUT2D eigenvalue weighted by Crippen LogP contribution is 2.52. The number of halogens is 3. The molecule has 122 valence electrons. The molecule has 4 rings (SSSR count). The van der Waals surface area contributed by atoms with Crippen molar-refractivity contribution in [2.45, 2.75) is 29.4 Å². The highest BCUT2D eigenvalue weighted by Gasteiger charge is 2.34. The lowest BCUT2D eigenvalue weighted by atomic mass is 10.0. The number of thiophene rings is 1. The van der Waals surface area contributed by atoms with Crippen LogP contribution in [0.25, 0.3) is 0 Å². The third-order valence-corrected chi connectivity index (χ3v) is 6.37. The molecule has 0 amide bonds. The minimum atomic E-state index is -4.33. The molecule has 2 aliphatic heterocycles. The van der Waals surface area contributed by atoms with E-state index >= 15 is 0 Å². The molecule has 23 heavy (non-hydrogen) atoms. The number of fused-ring (bicyclic) bond motifs is 2. The van der Waals surface area contributed by atoms with Gasteiger partial charge in [0.1, 0.15) is 5.37 Å². The summed E-state index contributed by atoms with van der Waals surface area (Å²) in [5.74, 6) is 0. The van der Waals surface area contributed by atoms with Gasteiger partial charge in [0.05, 0.1) is 10.6 Å². The molecule has 8 heteroatoms. The second-order valence-corrected chi connectivity index (χ2v) is 7.84. The van der Waals surface area contributed by atoms with Gasteiger partial charge in [0.25, 0.3) is 0 Å². The fourth-order valence-electron chi connectivity index (χ4n) is 3.02. The lowest BCUT2D eigenvalue weighted by Crippen LogP contribution is -2.23. The van der Waals surface area contributed by atoms with Crippen molar-refractivity contribution in [1.29, 1.82) is 0 Å². The van der Waals surface area contributed by atoms with Gasteiger partial charge < -0.3 is 16.4 Å². The van der Waals surface area contributed by atoms with Gasteiger partial charge in [-0.25, -0.2) is 0 Å². The number of thioether (sulfide) groups is 1. The van der Waals surface area contributed by atoms with Gasteiger partial charge in [0.15, 0.2) is 0 Å². The summed E-state index contributed by atoms with van der Waals surface area (Å²) in [7, 11) is 0. The standard InChI is InChI=1S/C15H14F3N3S2/c16-15(17,18)7-1-2-10-9(5-7)21-14(23-10)12-8-3-4-20-6-11(8)22-13(12)19/h1-2,5,14,20-21H,3-4,6,19H2. The Balaban J connectivity index is 1.67. The van der Waals surface area contributed by atoms with E-state index in [1.54, 1.807) is 11.3 Å². The first-order valence-corrected chi connectivity index (χ1v) is 8.88.